The summed E-state index contributed by atoms with van der Waals surface area (Å²) in [7, 11) is 0. The Morgan fingerprint density at radius 2 is 1.61 bits per heavy atom. The van der Waals surface area contributed by atoms with Gasteiger partial charge in [0.05, 0.1) is 10.8 Å². The van der Waals surface area contributed by atoms with E-state index in [1.54, 1.807) is 12.1 Å². The molecule has 1 aliphatic heterocycles. The number of carbonyl (C=O) groups is 1. The molecule has 0 saturated carbocycles. The lowest BCUT2D eigenvalue weighted by Crippen LogP contribution is -2.46. The van der Waals surface area contributed by atoms with Crippen LogP contribution in [0.3, 0.4) is 0 Å². The number of carbonyl (C=O) groups excluding carboxylic acids is 1. The maximum Gasteiger partial charge on any atom is 0.289 e. The van der Waals surface area contributed by atoms with Gasteiger partial charge in [-0.1, -0.05) is 48.0 Å². The van der Waals surface area contributed by atoms with Gasteiger partial charge in [0, 0.05) is 22.9 Å². The number of nitro benzene ring substituents is 1. The molecule has 156 valence electrons. The van der Waals surface area contributed by atoms with E-state index in [1.165, 1.54) is 18.2 Å². The van der Waals surface area contributed by atoms with E-state index in [-0.39, 0.29) is 21.7 Å². The first-order valence-corrected chi connectivity index (χ1v) is 9.89. The van der Waals surface area contributed by atoms with Gasteiger partial charge in [-0.2, -0.15) is 0 Å². The van der Waals surface area contributed by atoms with Gasteiger partial charge < -0.3 is 10.1 Å². The van der Waals surface area contributed by atoms with E-state index >= 15 is 0 Å². The maximum atomic E-state index is 13.0. The van der Waals surface area contributed by atoms with Gasteiger partial charge in [-0.25, -0.2) is 0 Å². The predicted octanol–water partition coefficient (Wildman–Crippen LogP) is 4.50. The van der Waals surface area contributed by atoms with Gasteiger partial charge in [-0.15, -0.1) is 0 Å². The number of fused-ring (bicyclic) bond motifs is 2. The summed E-state index contributed by atoms with van der Waals surface area (Å²) in [5.74, 6) is 0.272. The van der Waals surface area contributed by atoms with Crippen molar-refractivity contribution in [2.75, 3.05) is 5.32 Å². The molecule has 0 unspecified atom stereocenters. The Morgan fingerprint density at radius 3 is 2.23 bits per heavy atom. The number of thiocarbonyl (C=S) groups is 1. The van der Waals surface area contributed by atoms with Gasteiger partial charge in [0.2, 0.25) is 0 Å². The quantitative estimate of drug-likeness (QED) is 0.304. The summed E-state index contributed by atoms with van der Waals surface area (Å²) < 4.78 is 5.90. The van der Waals surface area contributed by atoms with Crippen molar-refractivity contribution in [1.29, 1.82) is 0 Å². The lowest BCUT2D eigenvalue weighted by molar-refractivity contribution is -0.384. The Balaban J connectivity index is 1.48. The standard InChI is InChI=1S/C21H15ClN4O4S/c22-15-10-9-12(11-16(15)26(28)29)23-21(31)25-24-20(27)19-13-5-1-3-7-17(13)30-18-8-4-2-6-14(18)19/h1-11,19H,(H,24,27)(H2,23,25,31). The molecule has 0 saturated heterocycles. The normalized spacial score (nSPS) is 12.0. The number of anilines is 1. The summed E-state index contributed by atoms with van der Waals surface area (Å²) in [5.41, 5.74) is 6.78. The number of nitrogens with zero attached hydrogens (tertiary/aromatic N) is 1. The Bertz CT molecular complexity index is 1160. The fourth-order valence-corrected chi connectivity index (χ4v) is 3.63. The Hall–Kier alpha value is -3.69. The Kier molecular flexibility index (Phi) is 5.70. The van der Waals surface area contributed by atoms with Crippen LogP contribution in [0.25, 0.3) is 0 Å². The van der Waals surface area contributed by atoms with Crippen molar-refractivity contribution < 1.29 is 14.5 Å². The number of halogens is 1. The van der Waals surface area contributed by atoms with E-state index in [2.05, 4.69) is 16.2 Å². The second-order valence-electron chi connectivity index (χ2n) is 6.60. The number of nitrogens with one attached hydrogen (secondary N) is 3. The van der Waals surface area contributed by atoms with Crippen LogP contribution in [0.5, 0.6) is 11.5 Å². The molecule has 3 aromatic rings. The summed E-state index contributed by atoms with van der Waals surface area (Å²) in [6.45, 7) is 0. The summed E-state index contributed by atoms with van der Waals surface area (Å²) in [6.07, 6.45) is 0. The van der Waals surface area contributed by atoms with Crippen LogP contribution in [-0.2, 0) is 4.79 Å². The lowest BCUT2D eigenvalue weighted by atomic mass is 9.87. The highest BCUT2D eigenvalue weighted by Crippen LogP contribution is 2.43. The molecule has 0 bridgehead atoms. The minimum Gasteiger partial charge on any atom is -0.457 e. The molecule has 0 spiro atoms. The number of rotatable bonds is 3. The Labute approximate surface area is 187 Å². The fourth-order valence-electron chi connectivity index (χ4n) is 3.28. The predicted molar refractivity (Wildman–Crippen MR) is 120 cm³/mol. The summed E-state index contributed by atoms with van der Waals surface area (Å²) in [5, 5.41) is 13.9. The van der Waals surface area contributed by atoms with Crippen molar-refractivity contribution in [3.8, 4) is 11.5 Å². The zero-order chi connectivity index (χ0) is 22.0. The molecule has 0 radical (unpaired) electrons. The third-order valence-corrected chi connectivity index (χ3v) is 5.17. The molecule has 0 aliphatic carbocycles. The Morgan fingerprint density at radius 1 is 1.00 bits per heavy atom. The van der Waals surface area contributed by atoms with E-state index in [9.17, 15) is 14.9 Å². The van der Waals surface area contributed by atoms with Gasteiger partial charge in [0.15, 0.2) is 5.11 Å². The largest absolute Gasteiger partial charge is 0.457 e. The molecule has 1 aliphatic rings. The van der Waals surface area contributed by atoms with E-state index < -0.39 is 10.8 Å². The number of amides is 1. The van der Waals surface area contributed by atoms with Crippen LogP contribution in [0.15, 0.2) is 66.7 Å². The molecule has 1 heterocycles. The summed E-state index contributed by atoms with van der Waals surface area (Å²) in [4.78, 5) is 23.5. The first-order valence-electron chi connectivity index (χ1n) is 9.10. The van der Waals surface area contributed by atoms with Crippen molar-refractivity contribution in [2.24, 2.45) is 0 Å². The zero-order valence-corrected chi connectivity index (χ0v) is 17.4. The van der Waals surface area contributed by atoms with Crippen LogP contribution in [0.2, 0.25) is 5.02 Å². The smallest absolute Gasteiger partial charge is 0.289 e. The molecule has 3 aromatic carbocycles. The minimum atomic E-state index is -0.604. The van der Waals surface area contributed by atoms with Crippen LogP contribution < -0.4 is 20.9 Å². The topological polar surface area (TPSA) is 106 Å². The van der Waals surface area contributed by atoms with Crippen molar-refractivity contribution in [1.82, 2.24) is 10.9 Å². The highest BCUT2D eigenvalue weighted by atomic mass is 35.5. The van der Waals surface area contributed by atoms with Crippen LogP contribution >= 0.6 is 23.8 Å². The van der Waals surface area contributed by atoms with Crippen LogP contribution in [0, 0.1) is 10.1 Å². The number of hydrogen-bond acceptors (Lipinski definition) is 5. The number of nitro groups is 1. The highest BCUT2D eigenvalue weighted by Gasteiger charge is 2.32. The van der Waals surface area contributed by atoms with Crippen molar-refractivity contribution >= 4 is 46.2 Å². The second-order valence-corrected chi connectivity index (χ2v) is 7.42. The highest BCUT2D eigenvalue weighted by molar-refractivity contribution is 7.80. The monoisotopic (exact) mass is 454 g/mol. The van der Waals surface area contributed by atoms with Crippen LogP contribution in [-0.4, -0.2) is 15.9 Å². The SMILES string of the molecule is O=C(NNC(=S)Nc1ccc(Cl)c([N+](=O)[O-])c1)C1c2ccccc2Oc2ccccc21. The van der Waals surface area contributed by atoms with E-state index in [1.807, 2.05) is 36.4 Å². The average molecular weight is 455 g/mol. The first-order chi connectivity index (χ1) is 14.9. The van der Waals surface area contributed by atoms with Gasteiger partial charge in [0.1, 0.15) is 16.5 Å². The van der Waals surface area contributed by atoms with Crippen LogP contribution in [0.4, 0.5) is 11.4 Å². The summed E-state index contributed by atoms with van der Waals surface area (Å²) in [6, 6.07) is 18.8. The fraction of sp³-hybridized carbons (Fsp3) is 0.0476. The number of ether oxygens (including phenoxy) is 1. The molecule has 0 aromatic heterocycles. The molecule has 4 rings (SSSR count). The molecule has 8 nitrogen and oxygen atoms in total. The van der Waals surface area contributed by atoms with E-state index in [0.717, 1.165) is 11.1 Å². The zero-order valence-electron chi connectivity index (χ0n) is 15.8. The first kappa shape index (κ1) is 20.6. The molecule has 0 atom stereocenters. The lowest BCUT2D eigenvalue weighted by Gasteiger charge is -2.27. The second kappa shape index (κ2) is 8.58. The van der Waals surface area contributed by atoms with Crippen molar-refractivity contribution in [2.45, 2.75) is 5.92 Å². The molecule has 3 N–H and O–H groups in total. The van der Waals surface area contributed by atoms with E-state index in [4.69, 9.17) is 28.6 Å². The minimum absolute atomic E-state index is 0.0135. The molecular weight excluding hydrogens is 440 g/mol. The molecule has 31 heavy (non-hydrogen) atoms. The summed E-state index contributed by atoms with van der Waals surface area (Å²) >= 11 is 11.0. The average Bonchev–Trinajstić information content (AvgIpc) is 2.77. The van der Waals surface area contributed by atoms with Crippen molar-refractivity contribution in [3.05, 3.63) is 93.0 Å². The number of hydrazine groups is 1. The van der Waals surface area contributed by atoms with E-state index in [0.29, 0.717) is 17.2 Å². The van der Waals surface area contributed by atoms with Gasteiger partial charge in [-0.3, -0.25) is 25.8 Å². The number of hydrogen-bond donors (Lipinski definition) is 3. The number of para-hydroxylation sites is 2. The molecule has 10 heteroatoms. The molecule has 0 fully saturated rings. The van der Waals surface area contributed by atoms with Gasteiger partial charge in [0.25, 0.3) is 11.6 Å². The van der Waals surface area contributed by atoms with Crippen LogP contribution in [0.1, 0.15) is 17.0 Å². The molecule has 1 amide bonds. The third-order valence-electron chi connectivity index (χ3n) is 4.64. The van der Waals surface area contributed by atoms with Crippen molar-refractivity contribution in [3.63, 3.8) is 0 Å². The number of benzene rings is 3. The maximum absolute atomic E-state index is 13.0. The third kappa shape index (κ3) is 4.27. The van der Waals surface area contributed by atoms with Gasteiger partial charge in [-0.05, 0) is 36.5 Å². The molecular formula is C21H15ClN4O4S. The van der Waals surface area contributed by atoms with Gasteiger partial charge >= 0.3 is 0 Å².